The van der Waals surface area contributed by atoms with Crippen LogP contribution < -0.4 is 59.3 Å². The molecule has 0 spiro atoms. The van der Waals surface area contributed by atoms with Gasteiger partial charge in [-0.3, -0.25) is 71.9 Å². The number of para-hydroxylation sites is 1. The number of halogens is 2. The molecule has 2 aliphatic heterocycles. The van der Waals surface area contributed by atoms with E-state index in [4.69, 9.17) is 11.5 Å². The van der Waals surface area contributed by atoms with Gasteiger partial charge in [0.2, 0.25) is 82.7 Å². The summed E-state index contributed by atoms with van der Waals surface area (Å²) in [6, 6.07) is 22.0. The van der Waals surface area contributed by atoms with Gasteiger partial charge in [-0.05, 0) is 140 Å². The number of amides is 14. The minimum atomic E-state index is -1.89. The number of benzene rings is 6. The summed E-state index contributed by atoms with van der Waals surface area (Å²) in [7, 11) is 5.51. The number of primary amides is 1. The summed E-state index contributed by atoms with van der Waals surface area (Å²) in [5.41, 5.74) is 15.2. The Morgan fingerprint density at radius 2 is 1.08 bits per heavy atom. The van der Waals surface area contributed by atoms with E-state index >= 15 is 23.6 Å². The summed E-state index contributed by atoms with van der Waals surface area (Å²) < 4.78 is 29.8. The molecule has 14 amide bonds. The monoisotopic (exact) mass is 1890 g/mol. The zero-order valence-electron chi connectivity index (χ0n) is 76.6. The number of β-amino-alcohol motifs (C(OH)–C–C–N with tert-alkyl or cyclic N) is 1. The molecule has 13 atom stereocenters. The number of carbonyl (C=O) groups excluding carboxylic acids is 14. The third-order valence-corrected chi connectivity index (χ3v) is 25.0. The van der Waals surface area contributed by atoms with Crippen LogP contribution in [0.2, 0.25) is 0 Å². The molecule has 2 fully saturated rings. The van der Waals surface area contributed by atoms with Crippen molar-refractivity contribution >= 4 is 111 Å². The van der Waals surface area contributed by atoms with E-state index in [1.807, 2.05) is 31.2 Å². The Balaban J connectivity index is 0.908. The number of aliphatic hydroxyl groups is 1. The number of aliphatic carboxylic acids is 1. The first-order valence-corrected chi connectivity index (χ1v) is 46.2. The van der Waals surface area contributed by atoms with E-state index in [0.29, 0.717) is 41.5 Å². The van der Waals surface area contributed by atoms with Gasteiger partial charge in [-0.2, -0.15) is 0 Å². The largest absolute Gasteiger partial charge is 0.508 e. The van der Waals surface area contributed by atoms with Gasteiger partial charge in [0.25, 0.3) is 0 Å². The van der Waals surface area contributed by atoms with Crippen molar-refractivity contribution in [1.82, 2.24) is 77.3 Å². The number of aromatic hydroxyl groups is 2. The van der Waals surface area contributed by atoms with Crippen molar-refractivity contribution in [2.75, 3.05) is 72.4 Å². The lowest BCUT2D eigenvalue weighted by Crippen LogP contribution is -2.61. The fourth-order valence-electron chi connectivity index (χ4n) is 16.3. The summed E-state index contributed by atoms with van der Waals surface area (Å²) in [6.07, 6.45) is 0.454. The number of nitrogens with zero attached hydrogens (tertiary/aromatic N) is 5. The van der Waals surface area contributed by atoms with E-state index in [-0.39, 0.29) is 107 Å². The number of thioether (sulfide) groups is 1. The van der Waals surface area contributed by atoms with Gasteiger partial charge in [-0.1, -0.05) is 143 Å². The van der Waals surface area contributed by atoms with Crippen LogP contribution in [0.3, 0.4) is 0 Å². The Labute approximate surface area is 785 Å². The quantitative estimate of drug-likeness (QED) is 0.0259. The molecular formula is C96H123F2N17O19S. The molecule has 9 rings (SSSR count). The molecule has 2 aliphatic rings. The van der Waals surface area contributed by atoms with Crippen molar-refractivity contribution < 1.29 is 101 Å². The maximum Gasteiger partial charge on any atom is 0.305 e. The molecule has 2 saturated heterocycles. The molecule has 0 aliphatic carbocycles. The average Bonchev–Trinajstić information content (AvgIpc) is 1.30. The maximum atomic E-state index is 15.7. The molecule has 1 aromatic heterocycles. The highest BCUT2D eigenvalue weighted by molar-refractivity contribution is 8.00. The highest BCUT2D eigenvalue weighted by Crippen LogP contribution is 2.28. The number of carboxylic acid groups (broad SMARTS) is 1. The van der Waals surface area contributed by atoms with Crippen molar-refractivity contribution in [3.8, 4) is 11.5 Å². The number of hydrogen-bond acceptors (Lipinski definition) is 21. The molecule has 39 heteroatoms. The molecule has 18 N–H and O–H groups in total. The van der Waals surface area contributed by atoms with Crippen molar-refractivity contribution in [1.29, 1.82) is 0 Å². The molecule has 36 nitrogen and oxygen atoms in total. The van der Waals surface area contributed by atoms with Gasteiger partial charge in [0.15, 0.2) is 11.6 Å². The Kier molecular flexibility index (Phi) is 39.9. The number of hydrogen-bond donors (Lipinski definition) is 16. The van der Waals surface area contributed by atoms with Crippen molar-refractivity contribution in [2.45, 2.75) is 196 Å². The standard InChI is InChI=1S/C96H123F2N17O19S/c1-8-9-27-78(95(133)115-41-19-28-77(115)90(128)107-73(50-83(121)122)89(127)110-84(56(2)3)96(134)112(6)79(47-57-20-12-10-13-21-57)91(129)108-75(45-60-31-36-64(117)37-32-60)93(131)114-42-39-65(118)53-114)111(5)94(132)80(48-58-22-14-11-15-23-58)113(7)92(130)74(46-61-33-38-67(97)68(98)43-61)104-82(120)55-135-54-76(85(123)103-52-81(100)119)109-86(124)70(26-18-40-99)105-88(126)72(44-59-29-34-63(116)35-30-59)106-87(125)71(101-4)49-62-51-102-69-25-17-16-24-66(62)69/h10-17,20-25,29-38,43,51,56,65,70-80,84,101-102,116-118H,8-9,18-19,26-28,39-42,44-50,52-55,99H2,1-7H3,(H2,100,119)(H,103,123)(H,104,120)(H,105,126)(H,106,125)(H,107,128)(H,108,129)(H,109,124)(H,110,127)(H,121,122)/t65-,70-,71-,72-,73-,74-,75-,76-,77+,78-,79+,80-,84-/m0/s1. The number of aliphatic hydroxyl groups excluding tert-OH is 1. The second-order valence-electron chi connectivity index (χ2n) is 34.3. The number of aromatic amines is 1. The van der Waals surface area contributed by atoms with E-state index in [1.165, 1.54) is 61.3 Å². The lowest BCUT2D eigenvalue weighted by Gasteiger charge is -2.38. The molecule has 3 heterocycles. The lowest BCUT2D eigenvalue weighted by molar-refractivity contribution is -0.152. The van der Waals surface area contributed by atoms with E-state index in [0.717, 1.165) is 55.1 Å². The second kappa shape index (κ2) is 51.2. The normalized spacial score (nSPS) is 16.0. The van der Waals surface area contributed by atoms with Crippen LogP contribution in [0.5, 0.6) is 11.5 Å². The van der Waals surface area contributed by atoms with E-state index in [1.54, 1.807) is 112 Å². The number of likely N-dealkylation sites (N-methyl/N-ethyl adjacent to an activating group) is 4. The summed E-state index contributed by atoms with van der Waals surface area (Å²) in [4.78, 5) is 226. The predicted octanol–water partition coefficient (Wildman–Crippen LogP) is 2.05. The molecular weight excluding hydrogens is 1770 g/mol. The molecule has 0 radical (unpaired) electrons. The summed E-state index contributed by atoms with van der Waals surface area (Å²) >= 11 is 0.748. The second-order valence-corrected chi connectivity index (χ2v) is 35.3. The zero-order chi connectivity index (χ0) is 98.3. The third-order valence-electron chi connectivity index (χ3n) is 24.0. The number of unbranched alkanes of at least 4 members (excludes halogenated alkanes) is 1. The van der Waals surface area contributed by atoms with Gasteiger partial charge < -0.3 is 109 Å². The molecule has 135 heavy (non-hydrogen) atoms. The number of nitrogens with two attached hydrogens (primary N) is 2. The highest BCUT2D eigenvalue weighted by atomic mass is 32.2. The van der Waals surface area contributed by atoms with Gasteiger partial charge in [0, 0.05) is 95.7 Å². The summed E-state index contributed by atoms with van der Waals surface area (Å²) in [5, 5.41) is 65.9. The maximum absolute atomic E-state index is 15.7. The van der Waals surface area contributed by atoms with Crippen LogP contribution in [0, 0.1) is 17.6 Å². The van der Waals surface area contributed by atoms with E-state index in [2.05, 4.69) is 52.8 Å². The summed E-state index contributed by atoms with van der Waals surface area (Å²) in [6.45, 7) is 4.48. The molecule has 0 bridgehead atoms. The van der Waals surface area contributed by atoms with Crippen molar-refractivity contribution in [2.24, 2.45) is 17.4 Å². The molecule has 7 aromatic rings. The first-order chi connectivity index (χ1) is 64.4. The number of phenols is 2. The summed E-state index contributed by atoms with van der Waals surface area (Å²) in [5.74, 6) is -17.9. The number of H-pyrrole nitrogens is 1. The van der Waals surface area contributed by atoms with Crippen molar-refractivity contribution in [3.63, 3.8) is 0 Å². The number of phenolic OH excluding ortho intramolecular Hbond substituents is 2. The Morgan fingerprint density at radius 1 is 0.533 bits per heavy atom. The first kappa shape index (κ1) is 105. The zero-order valence-corrected chi connectivity index (χ0v) is 77.4. The molecule has 0 saturated carbocycles. The number of carboxylic acids is 1. The fraction of sp³-hybridized carbons (Fsp3) is 0.448. The number of nitrogens with one attached hydrogen (secondary N) is 10. The number of rotatable bonds is 50. The van der Waals surface area contributed by atoms with Crippen molar-refractivity contribution in [3.05, 3.63) is 203 Å². The minimum absolute atomic E-state index is 0.000111. The SMILES string of the molecule is CCCC[C@@H](C(=O)N1CCC[C@@H]1C(=O)N[C@@H](CC(=O)O)C(=O)N[C@H](C(=O)N(C)[C@H](Cc1ccccc1)C(=O)N[C@@H](Cc1ccc(O)cc1)C(=O)N1CC[C@H](O)C1)C(C)C)N(C)C(=O)[C@H](Cc1ccccc1)N(C)C(=O)[C@H](Cc1ccc(F)c(F)c1)NC(=O)CSC[C@H](NC(=O)[C@H](CCCN)NC(=O)[C@H](Cc1ccc(O)cc1)NC(=O)[C@H](Cc1c[nH]c2ccccc12)NC)C(=O)NCC(N)=O. The molecule has 726 valence electrons. The van der Waals surface area contributed by atoms with Crippen LogP contribution >= 0.6 is 11.8 Å². The smallest absolute Gasteiger partial charge is 0.305 e. The minimum Gasteiger partial charge on any atom is -0.508 e. The Morgan fingerprint density at radius 3 is 1.67 bits per heavy atom. The number of fused-ring (bicyclic) bond motifs is 1. The molecule has 0 unspecified atom stereocenters. The number of aromatic nitrogens is 1. The van der Waals surface area contributed by atoms with Crippen LogP contribution in [-0.4, -0.2) is 290 Å². The average molecular weight is 1890 g/mol. The van der Waals surface area contributed by atoms with E-state index < -0.39 is 216 Å². The van der Waals surface area contributed by atoms with E-state index in [9.17, 15) is 77.6 Å². The van der Waals surface area contributed by atoms with Gasteiger partial charge in [0.05, 0.1) is 30.9 Å². The van der Waals surface area contributed by atoms with Gasteiger partial charge in [-0.15, -0.1) is 11.8 Å². The molecule has 6 aromatic carbocycles. The highest BCUT2D eigenvalue weighted by Gasteiger charge is 2.45. The van der Waals surface area contributed by atoms with Gasteiger partial charge in [-0.25, -0.2) is 8.78 Å². The first-order valence-electron chi connectivity index (χ1n) is 45.0. The Bertz CT molecular complexity index is 5280. The van der Waals surface area contributed by atoms with Gasteiger partial charge >= 0.3 is 5.97 Å². The van der Waals surface area contributed by atoms with Gasteiger partial charge in [0.1, 0.15) is 78.0 Å². The van der Waals surface area contributed by atoms with Crippen LogP contribution in [0.25, 0.3) is 10.9 Å². The third kappa shape index (κ3) is 30.6. The number of carbonyl (C=O) groups is 15. The number of likely N-dealkylation sites (tertiary alicyclic amines) is 2. The fourth-order valence-corrected chi connectivity index (χ4v) is 17.2. The van der Waals surface area contributed by atoms with Crippen LogP contribution in [0.15, 0.2) is 158 Å². The van der Waals surface area contributed by atoms with Crippen LogP contribution in [0.1, 0.15) is 112 Å². The van der Waals surface area contributed by atoms with Crippen LogP contribution in [0.4, 0.5) is 8.78 Å². The predicted molar refractivity (Wildman–Crippen MR) is 498 cm³/mol. The topological polar surface area (TPSA) is 529 Å². The Hall–Kier alpha value is -13.4. The van der Waals surface area contributed by atoms with Crippen LogP contribution in [-0.2, 0) is 110 Å². The lowest BCUT2D eigenvalue weighted by atomic mass is 9.98.